The van der Waals surface area contributed by atoms with Gasteiger partial charge in [0.25, 0.3) is 0 Å². The highest BCUT2D eigenvalue weighted by Gasteiger charge is 2.19. The second-order valence-corrected chi connectivity index (χ2v) is 6.72. The number of aryl methyl sites for hydroxylation is 2. The van der Waals surface area contributed by atoms with Crippen LogP contribution in [0.15, 0.2) is 60.7 Å². The molecule has 0 heterocycles. The monoisotopic (exact) mass is 316 g/mol. The SMILES string of the molecule is Cc1cc(C)c(-c2ccccc2C(C)C)c(O)c1-c1ccccc1. The van der Waals surface area contributed by atoms with Gasteiger partial charge in [0.1, 0.15) is 5.75 Å². The van der Waals surface area contributed by atoms with E-state index < -0.39 is 0 Å². The Morgan fingerprint density at radius 1 is 0.750 bits per heavy atom. The van der Waals surface area contributed by atoms with E-state index >= 15 is 0 Å². The molecule has 0 aliphatic carbocycles. The smallest absolute Gasteiger partial charge is 0.131 e. The minimum absolute atomic E-state index is 0.381. The fourth-order valence-corrected chi connectivity index (χ4v) is 3.50. The number of phenols is 1. The summed E-state index contributed by atoms with van der Waals surface area (Å²) in [4.78, 5) is 0. The van der Waals surface area contributed by atoms with E-state index in [4.69, 9.17) is 0 Å². The third kappa shape index (κ3) is 2.82. The number of hydrogen-bond donors (Lipinski definition) is 1. The van der Waals surface area contributed by atoms with Gasteiger partial charge >= 0.3 is 0 Å². The van der Waals surface area contributed by atoms with Crippen molar-refractivity contribution < 1.29 is 5.11 Å². The maximum atomic E-state index is 11.2. The number of phenolic OH excluding ortho intramolecular Hbond substituents is 1. The lowest BCUT2D eigenvalue weighted by atomic mass is 9.86. The number of aromatic hydroxyl groups is 1. The minimum atomic E-state index is 0.381. The molecule has 0 aliphatic heterocycles. The molecule has 0 bridgehead atoms. The van der Waals surface area contributed by atoms with Crippen LogP contribution >= 0.6 is 0 Å². The van der Waals surface area contributed by atoms with Gasteiger partial charge in [-0.15, -0.1) is 0 Å². The van der Waals surface area contributed by atoms with Crippen LogP contribution in [0.3, 0.4) is 0 Å². The van der Waals surface area contributed by atoms with Gasteiger partial charge in [-0.05, 0) is 47.6 Å². The molecule has 24 heavy (non-hydrogen) atoms. The molecule has 0 unspecified atom stereocenters. The van der Waals surface area contributed by atoms with E-state index in [1.165, 1.54) is 5.56 Å². The number of benzene rings is 3. The van der Waals surface area contributed by atoms with Gasteiger partial charge in [-0.2, -0.15) is 0 Å². The molecule has 0 fully saturated rings. The molecular formula is C23H24O. The van der Waals surface area contributed by atoms with E-state index in [0.29, 0.717) is 11.7 Å². The van der Waals surface area contributed by atoms with E-state index in [1.807, 2.05) is 24.3 Å². The maximum absolute atomic E-state index is 11.2. The second-order valence-electron chi connectivity index (χ2n) is 6.72. The second kappa shape index (κ2) is 6.52. The first-order valence-corrected chi connectivity index (χ1v) is 8.48. The van der Waals surface area contributed by atoms with Crippen LogP contribution in [0, 0.1) is 13.8 Å². The molecule has 0 spiro atoms. The Bertz CT molecular complexity index is 861. The fraction of sp³-hybridized carbons (Fsp3) is 0.217. The lowest BCUT2D eigenvalue weighted by Crippen LogP contribution is -1.97. The van der Waals surface area contributed by atoms with Crippen molar-refractivity contribution in [2.24, 2.45) is 0 Å². The van der Waals surface area contributed by atoms with Crippen LogP contribution in [0.1, 0.15) is 36.5 Å². The van der Waals surface area contributed by atoms with Crippen molar-refractivity contribution >= 4 is 0 Å². The Hall–Kier alpha value is -2.54. The highest BCUT2D eigenvalue weighted by Crippen LogP contribution is 2.44. The number of hydrogen-bond acceptors (Lipinski definition) is 1. The zero-order valence-corrected chi connectivity index (χ0v) is 14.8. The van der Waals surface area contributed by atoms with Crippen LogP contribution in [-0.4, -0.2) is 5.11 Å². The molecule has 122 valence electrons. The summed E-state index contributed by atoms with van der Waals surface area (Å²) in [6, 6.07) is 20.7. The molecule has 1 nitrogen and oxygen atoms in total. The number of rotatable bonds is 3. The van der Waals surface area contributed by atoms with E-state index in [9.17, 15) is 5.11 Å². The summed E-state index contributed by atoms with van der Waals surface area (Å²) in [5, 5.41) is 11.2. The molecule has 1 heteroatoms. The summed E-state index contributed by atoms with van der Waals surface area (Å²) in [5.74, 6) is 0.785. The summed E-state index contributed by atoms with van der Waals surface area (Å²) in [6.07, 6.45) is 0. The first kappa shape index (κ1) is 16.3. The Kier molecular flexibility index (Phi) is 4.44. The van der Waals surface area contributed by atoms with Crippen molar-refractivity contribution in [3.05, 3.63) is 77.4 Å². The molecule has 0 saturated heterocycles. The Morgan fingerprint density at radius 3 is 2.00 bits per heavy atom. The molecular weight excluding hydrogens is 292 g/mol. The highest BCUT2D eigenvalue weighted by atomic mass is 16.3. The van der Waals surface area contributed by atoms with Crippen LogP contribution in [0.4, 0.5) is 0 Å². The summed E-state index contributed by atoms with van der Waals surface area (Å²) < 4.78 is 0. The molecule has 0 aliphatic rings. The molecule has 0 saturated carbocycles. The van der Waals surface area contributed by atoms with Crippen LogP contribution in [-0.2, 0) is 0 Å². The summed E-state index contributed by atoms with van der Waals surface area (Å²) in [6.45, 7) is 8.52. The summed E-state index contributed by atoms with van der Waals surface area (Å²) >= 11 is 0. The Labute approximate surface area is 144 Å². The Balaban J connectivity index is 2.32. The summed E-state index contributed by atoms with van der Waals surface area (Å²) in [7, 11) is 0. The molecule has 3 aromatic carbocycles. The maximum Gasteiger partial charge on any atom is 0.131 e. The van der Waals surface area contributed by atoms with E-state index in [0.717, 1.165) is 33.4 Å². The van der Waals surface area contributed by atoms with Gasteiger partial charge in [0.05, 0.1) is 0 Å². The molecule has 1 N–H and O–H groups in total. The third-order valence-corrected chi connectivity index (χ3v) is 4.61. The molecule has 0 atom stereocenters. The van der Waals surface area contributed by atoms with E-state index in [2.05, 4.69) is 64.1 Å². The first-order chi connectivity index (χ1) is 11.5. The van der Waals surface area contributed by atoms with Crippen molar-refractivity contribution in [3.63, 3.8) is 0 Å². The normalized spacial score (nSPS) is 11.0. The predicted octanol–water partition coefficient (Wildman–Crippen LogP) is 6.47. The quantitative estimate of drug-likeness (QED) is 0.587. The van der Waals surface area contributed by atoms with Crippen LogP contribution < -0.4 is 0 Å². The third-order valence-electron chi connectivity index (χ3n) is 4.61. The zero-order chi connectivity index (χ0) is 17.3. The molecule has 3 aromatic rings. The van der Waals surface area contributed by atoms with Crippen molar-refractivity contribution in [1.82, 2.24) is 0 Å². The fourth-order valence-electron chi connectivity index (χ4n) is 3.50. The standard InChI is InChI=1S/C23H24O/c1-15(2)19-12-8-9-13-20(19)22-17(4)14-16(3)21(23(22)24)18-10-6-5-7-11-18/h5-15,24H,1-4H3. The van der Waals surface area contributed by atoms with E-state index in [1.54, 1.807) is 0 Å². The molecule has 0 radical (unpaired) electrons. The molecule has 3 rings (SSSR count). The van der Waals surface area contributed by atoms with Gasteiger partial charge < -0.3 is 5.11 Å². The van der Waals surface area contributed by atoms with Gasteiger partial charge in [-0.3, -0.25) is 0 Å². The zero-order valence-electron chi connectivity index (χ0n) is 14.8. The first-order valence-electron chi connectivity index (χ1n) is 8.48. The van der Waals surface area contributed by atoms with Crippen LogP contribution in [0.25, 0.3) is 22.3 Å². The predicted molar refractivity (Wildman–Crippen MR) is 103 cm³/mol. The van der Waals surface area contributed by atoms with E-state index in [-0.39, 0.29) is 0 Å². The molecule has 0 aromatic heterocycles. The van der Waals surface area contributed by atoms with Gasteiger partial charge in [-0.25, -0.2) is 0 Å². The van der Waals surface area contributed by atoms with Crippen LogP contribution in [0.2, 0.25) is 0 Å². The van der Waals surface area contributed by atoms with Crippen molar-refractivity contribution in [2.45, 2.75) is 33.6 Å². The van der Waals surface area contributed by atoms with Gasteiger partial charge in [0.2, 0.25) is 0 Å². The van der Waals surface area contributed by atoms with Gasteiger partial charge in [0.15, 0.2) is 0 Å². The highest BCUT2D eigenvalue weighted by molar-refractivity contribution is 5.87. The lowest BCUT2D eigenvalue weighted by Gasteiger charge is -2.20. The van der Waals surface area contributed by atoms with Gasteiger partial charge in [-0.1, -0.05) is 74.5 Å². The molecule has 0 amide bonds. The van der Waals surface area contributed by atoms with Gasteiger partial charge in [0, 0.05) is 11.1 Å². The summed E-state index contributed by atoms with van der Waals surface area (Å²) in [5.41, 5.74) is 7.52. The van der Waals surface area contributed by atoms with Crippen molar-refractivity contribution in [1.29, 1.82) is 0 Å². The largest absolute Gasteiger partial charge is 0.507 e. The topological polar surface area (TPSA) is 20.2 Å². The average Bonchev–Trinajstić information content (AvgIpc) is 2.55. The Morgan fingerprint density at radius 2 is 1.33 bits per heavy atom. The minimum Gasteiger partial charge on any atom is -0.507 e. The lowest BCUT2D eigenvalue weighted by molar-refractivity contribution is 0.478. The average molecular weight is 316 g/mol. The van der Waals surface area contributed by atoms with Crippen LogP contribution in [0.5, 0.6) is 5.75 Å². The van der Waals surface area contributed by atoms with Crippen molar-refractivity contribution in [2.75, 3.05) is 0 Å². The van der Waals surface area contributed by atoms with Crippen molar-refractivity contribution in [3.8, 4) is 28.0 Å².